The van der Waals surface area contributed by atoms with Crippen LogP contribution in [-0.4, -0.2) is 73.3 Å². The van der Waals surface area contributed by atoms with Gasteiger partial charge in [0.05, 0.1) is 6.61 Å². The van der Waals surface area contributed by atoms with Gasteiger partial charge in [-0.15, -0.1) is 0 Å². The molecule has 0 aromatic carbocycles. The molecule has 6 nitrogen and oxygen atoms in total. The Bertz CT molecular complexity index is 395. The van der Waals surface area contributed by atoms with Crippen LogP contribution in [-0.2, 0) is 14.3 Å². The Hall–Kier alpha value is -1.35. The number of esters is 1. The summed E-state index contributed by atoms with van der Waals surface area (Å²) < 4.78 is 45.4. The Labute approximate surface area is 121 Å². The minimum atomic E-state index is -4.99. The Morgan fingerprint density at radius 3 is 2.10 bits per heavy atom. The smallest absolute Gasteiger partial charge is 0.436 e. The molecule has 1 aliphatic heterocycles. The van der Waals surface area contributed by atoms with Crippen LogP contribution in [0.5, 0.6) is 0 Å². The minimum Gasteiger partial charge on any atom is -0.463 e. The largest absolute Gasteiger partial charge is 0.463 e. The summed E-state index contributed by atoms with van der Waals surface area (Å²) in [5.41, 5.74) is -3.13. The Morgan fingerprint density at radius 2 is 1.71 bits per heavy atom. The zero-order valence-corrected chi connectivity index (χ0v) is 12.3. The molecule has 0 saturated carbocycles. The van der Waals surface area contributed by atoms with Crippen molar-refractivity contribution in [2.45, 2.75) is 25.7 Å². The second kappa shape index (κ2) is 6.61. The van der Waals surface area contributed by atoms with Gasteiger partial charge in [0, 0.05) is 33.1 Å². The molecule has 1 aliphatic rings. The molecule has 1 atom stereocenters. The van der Waals surface area contributed by atoms with E-state index in [4.69, 9.17) is 0 Å². The number of likely N-dealkylation sites (N-methyl/N-ethyl adjacent to an activating group) is 1. The lowest BCUT2D eigenvalue weighted by molar-refractivity contribution is -0.252. The summed E-state index contributed by atoms with van der Waals surface area (Å²) in [5.74, 6) is -2.45. The predicted molar refractivity (Wildman–Crippen MR) is 68.3 cm³/mol. The first kappa shape index (κ1) is 17.7. The van der Waals surface area contributed by atoms with Gasteiger partial charge in [-0.25, -0.2) is 4.79 Å². The van der Waals surface area contributed by atoms with Crippen molar-refractivity contribution in [1.82, 2.24) is 15.1 Å². The molecule has 1 unspecified atom stereocenters. The van der Waals surface area contributed by atoms with Crippen LogP contribution in [0.4, 0.5) is 13.2 Å². The predicted octanol–water partition coefficient (Wildman–Crippen LogP) is 0.192. The van der Waals surface area contributed by atoms with Crippen molar-refractivity contribution >= 4 is 11.9 Å². The summed E-state index contributed by atoms with van der Waals surface area (Å²) in [6.07, 6.45) is -4.99. The van der Waals surface area contributed by atoms with Crippen molar-refractivity contribution in [3.63, 3.8) is 0 Å². The Balaban J connectivity index is 3.22. The first-order chi connectivity index (χ1) is 9.65. The molecule has 1 heterocycles. The molecule has 0 aromatic rings. The lowest BCUT2D eigenvalue weighted by atomic mass is 10.1. The Morgan fingerprint density at radius 1 is 1.19 bits per heavy atom. The van der Waals surface area contributed by atoms with Crippen LogP contribution in [0.2, 0.25) is 0 Å². The molecule has 122 valence electrons. The van der Waals surface area contributed by atoms with Crippen LogP contribution in [0.1, 0.15) is 13.8 Å². The number of hydrogen-bond donors (Lipinski definition) is 1. The number of carbonyl (C=O) groups excluding carboxylic acids is 2. The van der Waals surface area contributed by atoms with Gasteiger partial charge in [0.1, 0.15) is 0 Å². The van der Waals surface area contributed by atoms with E-state index in [-0.39, 0.29) is 19.7 Å². The second-order valence-corrected chi connectivity index (χ2v) is 4.90. The van der Waals surface area contributed by atoms with Crippen molar-refractivity contribution in [1.29, 1.82) is 0 Å². The van der Waals surface area contributed by atoms with Crippen LogP contribution in [0, 0.1) is 0 Å². The molecule has 1 saturated heterocycles. The van der Waals surface area contributed by atoms with Crippen molar-refractivity contribution in [3.8, 4) is 0 Å². The minimum absolute atomic E-state index is 0.00486. The fourth-order valence-electron chi connectivity index (χ4n) is 2.26. The van der Waals surface area contributed by atoms with Crippen molar-refractivity contribution in [3.05, 3.63) is 0 Å². The molecular weight excluding hydrogens is 291 g/mol. The van der Waals surface area contributed by atoms with Crippen LogP contribution in [0.3, 0.4) is 0 Å². The van der Waals surface area contributed by atoms with Gasteiger partial charge in [-0.05, 0) is 14.0 Å². The van der Waals surface area contributed by atoms with Gasteiger partial charge in [-0.3, -0.25) is 9.69 Å². The molecule has 0 spiro atoms. The van der Waals surface area contributed by atoms with Gasteiger partial charge in [-0.2, -0.15) is 13.2 Å². The zero-order chi connectivity index (χ0) is 16.3. The average molecular weight is 311 g/mol. The number of piperazine rings is 1. The molecular formula is C12H20F3N3O3. The molecule has 1 fully saturated rings. The van der Waals surface area contributed by atoms with E-state index in [1.54, 1.807) is 12.4 Å². The van der Waals surface area contributed by atoms with E-state index in [1.807, 2.05) is 4.90 Å². The quantitative estimate of drug-likeness (QED) is 0.751. The number of alkyl halides is 3. The summed E-state index contributed by atoms with van der Waals surface area (Å²) in [7, 11) is 1.77. The number of halogens is 3. The van der Waals surface area contributed by atoms with Crippen molar-refractivity contribution < 1.29 is 27.5 Å². The van der Waals surface area contributed by atoms with E-state index in [1.165, 1.54) is 6.92 Å². The van der Waals surface area contributed by atoms with Crippen LogP contribution >= 0.6 is 0 Å². The normalized spacial score (nSPS) is 20.7. The number of amides is 1. The van der Waals surface area contributed by atoms with Crippen LogP contribution in [0.25, 0.3) is 0 Å². The highest BCUT2D eigenvalue weighted by Gasteiger charge is 2.66. The third-order valence-electron chi connectivity index (χ3n) is 3.32. The maximum absolute atomic E-state index is 13.6. The van der Waals surface area contributed by atoms with Crippen molar-refractivity contribution in [2.24, 2.45) is 0 Å². The van der Waals surface area contributed by atoms with E-state index in [2.05, 4.69) is 4.74 Å². The number of rotatable bonds is 4. The number of hydrogen-bond acceptors (Lipinski definition) is 5. The number of nitrogens with zero attached hydrogens (tertiary/aromatic N) is 2. The Kier molecular flexibility index (Phi) is 5.57. The summed E-state index contributed by atoms with van der Waals surface area (Å²) in [6, 6.07) is 0. The highest BCUT2D eigenvalue weighted by atomic mass is 19.4. The molecule has 0 bridgehead atoms. The summed E-state index contributed by atoms with van der Waals surface area (Å²) in [5, 5.41) is 1.77. The maximum Gasteiger partial charge on any atom is 0.436 e. The highest BCUT2D eigenvalue weighted by molar-refractivity contribution is 5.87. The second-order valence-electron chi connectivity index (χ2n) is 4.90. The average Bonchev–Trinajstić information content (AvgIpc) is 2.35. The van der Waals surface area contributed by atoms with Gasteiger partial charge in [0.25, 0.3) is 5.66 Å². The highest BCUT2D eigenvalue weighted by Crippen LogP contribution is 2.35. The summed E-state index contributed by atoms with van der Waals surface area (Å²) >= 11 is 0. The topological polar surface area (TPSA) is 61.9 Å². The van der Waals surface area contributed by atoms with Gasteiger partial charge in [-0.1, -0.05) is 0 Å². The fourth-order valence-corrected chi connectivity index (χ4v) is 2.26. The lowest BCUT2D eigenvalue weighted by Gasteiger charge is -2.45. The van der Waals surface area contributed by atoms with Gasteiger partial charge >= 0.3 is 12.1 Å². The molecule has 0 aliphatic carbocycles. The SMILES string of the molecule is CCOC(=O)C(NC(C)=O)(N1CCN(C)CC1)C(F)(F)F. The molecule has 0 radical (unpaired) electrons. The first-order valence-electron chi connectivity index (χ1n) is 6.61. The molecule has 0 aromatic heterocycles. The van der Waals surface area contributed by atoms with Gasteiger partial charge in [0.2, 0.25) is 5.91 Å². The molecule has 1 N–H and O–H groups in total. The first-order valence-corrected chi connectivity index (χ1v) is 6.61. The van der Waals surface area contributed by atoms with Crippen molar-refractivity contribution in [2.75, 3.05) is 39.8 Å². The molecule has 21 heavy (non-hydrogen) atoms. The lowest BCUT2D eigenvalue weighted by Crippen LogP contribution is -2.75. The number of ether oxygens (including phenoxy) is 1. The number of nitrogens with one attached hydrogen (secondary N) is 1. The zero-order valence-electron chi connectivity index (χ0n) is 12.3. The third-order valence-corrected chi connectivity index (χ3v) is 3.32. The summed E-state index contributed by atoms with van der Waals surface area (Å²) in [6.45, 7) is 2.86. The van der Waals surface area contributed by atoms with E-state index >= 15 is 0 Å². The van der Waals surface area contributed by atoms with E-state index in [0.29, 0.717) is 13.1 Å². The van der Waals surface area contributed by atoms with E-state index < -0.39 is 23.7 Å². The fraction of sp³-hybridized carbons (Fsp3) is 0.833. The van der Waals surface area contributed by atoms with Gasteiger partial charge in [0.15, 0.2) is 0 Å². The third kappa shape index (κ3) is 3.65. The maximum atomic E-state index is 13.6. The number of carbonyl (C=O) groups is 2. The molecule has 9 heteroatoms. The van der Waals surface area contributed by atoms with E-state index in [0.717, 1.165) is 11.8 Å². The van der Waals surface area contributed by atoms with E-state index in [9.17, 15) is 22.8 Å². The van der Waals surface area contributed by atoms with Gasteiger partial charge < -0.3 is 15.0 Å². The van der Waals surface area contributed by atoms with Crippen LogP contribution in [0.15, 0.2) is 0 Å². The van der Waals surface area contributed by atoms with Crippen LogP contribution < -0.4 is 5.32 Å². The standard InChI is InChI=1S/C12H20F3N3O3/c1-4-21-10(20)11(12(13,14)15,16-9(2)19)18-7-5-17(3)6-8-18/h4-8H2,1-3H3,(H,16,19). The summed E-state index contributed by atoms with van der Waals surface area (Å²) in [4.78, 5) is 26.0. The molecule has 1 rings (SSSR count). The monoisotopic (exact) mass is 311 g/mol. The molecule has 1 amide bonds.